The van der Waals surface area contributed by atoms with E-state index in [1.807, 2.05) is 0 Å². The first-order valence-electron chi connectivity index (χ1n) is 9.93. The molecule has 33 heavy (non-hydrogen) atoms. The zero-order chi connectivity index (χ0) is 24.0. The summed E-state index contributed by atoms with van der Waals surface area (Å²) >= 11 is 7.53. The standard InChI is InChI=1S/C22H18ClF3N2O4S/c1-11-18-14(19(29)32-28-11)3-2-4-16(18)27-20(30)21(31,22(24,25)26)10-12-7-8-33-17-6-5-13(23)9-15(12)17/h2-6,9,12,31H,7-8,10H2,1H3,(H,27,30). The quantitative estimate of drug-likeness (QED) is 0.523. The van der Waals surface area contributed by atoms with Crippen molar-refractivity contribution in [2.75, 3.05) is 11.1 Å². The van der Waals surface area contributed by atoms with Gasteiger partial charge in [-0.25, -0.2) is 4.79 Å². The lowest BCUT2D eigenvalue weighted by Crippen LogP contribution is -2.55. The smallest absolute Gasteiger partial charge is 0.373 e. The lowest BCUT2D eigenvalue weighted by atomic mass is 9.82. The van der Waals surface area contributed by atoms with Crippen molar-refractivity contribution in [1.82, 2.24) is 5.16 Å². The minimum absolute atomic E-state index is 0.0451. The minimum Gasteiger partial charge on any atom is -0.373 e. The second-order valence-corrected chi connectivity index (χ2v) is 9.39. The molecule has 2 atom stereocenters. The van der Waals surface area contributed by atoms with Crippen LogP contribution < -0.4 is 10.9 Å². The molecule has 1 amide bonds. The molecule has 2 N–H and O–H groups in total. The van der Waals surface area contributed by atoms with Crippen LogP contribution in [0.1, 0.15) is 30.0 Å². The van der Waals surface area contributed by atoms with E-state index in [0.717, 1.165) is 4.90 Å². The van der Waals surface area contributed by atoms with E-state index >= 15 is 0 Å². The van der Waals surface area contributed by atoms with Crippen LogP contribution in [-0.2, 0) is 4.79 Å². The predicted octanol–water partition coefficient (Wildman–Crippen LogP) is 5.05. The molecule has 0 spiro atoms. The Morgan fingerprint density at radius 2 is 2.09 bits per heavy atom. The summed E-state index contributed by atoms with van der Waals surface area (Å²) < 4.78 is 47.0. The van der Waals surface area contributed by atoms with Gasteiger partial charge in [-0.2, -0.15) is 13.2 Å². The number of alkyl halides is 3. The molecule has 6 nitrogen and oxygen atoms in total. The molecule has 1 aliphatic heterocycles. The van der Waals surface area contributed by atoms with Crippen LogP contribution in [-0.4, -0.2) is 33.7 Å². The van der Waals surface area contributed by atoms with Crippen molar-refractivity contribution >= 4 is 45.7 Å². The summed E-state index contributed by atoms with van der Waals surface area (Å²) in [6.07, 6.45) is -5.79. The Balaban J connectivity index is 1.72. The van der Waals surface area contributed by atoms with E-state index in [0.29, 0.717) is 22.8 Å². The van der Waals surface area contributed by atoms with Gasteiger partial charge in [-0.1, -0.05) is 22.8 Å². The molecule has 4 rings (SSSR count). The van der Waals surface area contributed by atoms with Crippen LogP contribution in [0.4, 0.5) is 18.9 Å². The van der Waals surface area contributed by atoms with Gasteiger partial charge >= 0.3 is 11.8 Å². The summed E-state index contributed by atoms with van der Waals surface area (Å²) in [4.78, 5) is 25.7. The summed E-state index contributed by atoms with van der Waals surface area (Å²) in [6.45, 7) is 1.48. The number of aryl methyl sites for hydroxylation is 1. The maximum atomic E-state index is 14.1. The molecule has 1 aliphatic rings. The summed E-state index contributed by atoms with van der Waals surface area (Å²) in [5.74, 6) is -1.84. The van der Waals surface area contributed by atoms with Crippen LogP contribution in [0, 0.1) is 6.92 Å². The molecule has 0 bridgehead atoms. The molecule has 0 fully saturated rings. The third kappa shape index (κ3) is 4.34. The van der Waals surface area contributed by atoms with Crippen molar-refractivity contribution in [3.63, 3.8) is 0 Å². The second-order valence-electron chi connectivity index (χ2n) is 7.82. The van der Waals surface area contributed by atoms with Crippen molar-refractivity contribution in [2.24, 2.45) is 0 Å². The normalized spacial score (nSPS) is 17.9. The van der Waals surface area contributed by atoms with E-state index in [2.05, 4.69) is 15.0 Å². The monoisotopic (exact) mass is 498 g/mol. The van der Waals surface area contributed by atoms with E-state index in [1.165, 1.54) is 36.9 Å². The van der Waals surface area contributed by atoms with Gasteiger partial charge in [0.25, 0.3) is 5.91 Å². The van der Waals surface area contributed by atoms with Crippen LogP contribution in [0.25, 0.3) is 10.8 Å². The average Bonchev–Trinajstić information content (AvgIpc) is 2.76. The number of benzene rings is 2. The molecule has 2 heterocycles. The first-order valence-corrected chi connectivity index (χ1v) is 11.3. The summed E-state index contributed by atoms with van der Waals surface area (Å²) in [6, 6.07) is 9.06. The molecular formula is C22H18ClF3N2O4S. The maximum absolute atomic E-state index is 14.1. The molecule has 2 unspecified atom stereocenters. The van der Waals surface area contributed by atoms with Gasteiger partial charge in [0.1, 0.15) is 0 Å². The number of amides is 1. The Morgan fingerprint density at radius 3 is 2.82 bits per heavy atom. The van der Waals surface area contributed by atoms with Gasteiger partial charge in [0, 0.05) is 21.7 Å². The van der Waals surface area contributed by atoms with Gasteiger partial charge in [0.15, 0.2) is 0 Å². The van der Waals surface area contributed by atoms with Crippen LogP contribution in [0.15, 0.2) is 50.6 Å². The fourth-order valence-corrected chi connectivity index (χ4v) is 5.35. The van der Waals surface area contributed by atoms with Crippen molar-refractivity contribution in [3.8, 4) is 0 Å². The Morgan fingerprint density at radius 1 is 1.33 bits per heavy atom. The van der Waals surface area contributed by atoms with Crippen molar-refractivity contribution in [2.45, 2.75) is 42.4 Å². The number of halogens is 4. The van der Waals surface area contributed by atoms with Crippen LogP contribution in [0.3, 0.4) is 0 Å². The van der Waals surface area contributed by atoms with Gasteiger partial charge in [-0.05, 0) is 60.9 Å². The van der Waals surface area contributed by atoms with E-state index in [4.69, 9.17) is 11.6 Å². The van der Waals surface area contributed by atoms with Crippen LogP contribution >= 0.6 is 23.4 Å². The molecule has 3 aromatic rings. The first-order chi connectivity index (χ1) is 15.5. The summed E-state index contributed by atoms with van der Waals surface area (Å²) in [5, 5.41) is 17.0. The number of hydrogen-bond acceptors (Lipinski definition) is 6. The molecule has 0 saturated heterocycles. The van der Waals surface area contributed by atoms with E-state index < -0.39 is 35.6 Å². The van der Waals surface area contributed by atoms with Crippen molar-refractivity contribution < 1.29 is 27.6 Å². The molecule has 0 saturated carbocycles. The van der Waals surface area contributed by atoms with Crippen LogP contribution in [0.5, 0.6) is 0 Å². The number of aromatic nitrogens is 1. The molecule has 11 heteroatoms. The Hall–Kier alpha value is -2.56. The number of fused-ring (bicyclic) bond motifs is 2. The zero-order valence-corrected chi connectivity index (χ0v) is 18.8. The topological polar surface area (TPSA) is 92.4 Å². The summed E-state index contributed by atoms with van der Waals surface area (Å²) in [7, 11) is 0. The molecule has 1 aromatic heterocycles. The number of nitrogens with zero attached hydrogens (tertiary/aromatic N) is 1. The number of hydrogen-bond donors (Lipinski definition) is 2. The Kier molecular flexibility index (Phi) is 6.19. The highest BCUT2D eigenvalue weighted by atomic mass is 35.5. The van der Waals surface area contributed by atoms with Gasteiger partial charge < -0.3 is 14.9 Å². The number of anilines is 1. The van der Waals surface area contributed by atoms with Crippen LogP contribution in [0.2, 0.25) is 5.02 Å². The van der Waals surface area contributed by atoms with Crippen molar-refractivity contribution in [1.29, 1.82) is 0 Å². The van der Waals surface area contributed by atoms with Gasteiger partial charge in [0.2, 0.25) is 5.60 Å². The van der Waals surface area contributed by atoms with E-state index in [1.54, 1.807) is 18.2 Å². The summed E-state index contributed by atoms with van der Waals surface area (Å²) in [5.41, 5.74) is -3.80. The lowest BCUT2D eigenvalue weighted by Gasteiger charge is -2.34. The number of nitrogens with one attached hydrogen (secondary N) is 1. The molecule has 0 radical (unpaired) electrons. The maximum Gasteiger partial charge on any atom is 0.426 e. The first kappa shape index (κ1) is 23.6. The molecule has 2 aromatic carbocycles. The minimum atomic E-state index is -5.25. The molecule has 174 valence electrons. The third-order valence-corrected chi connectivity index (χ3v) is 7.04. The number of carbonyl (C=O) groups excluding carboxylic acids is 1. The van der Waals surface area contributed by atoms with Gasteiger partial charge in [-0.3, -0.25) is 4.79 Å². The largest absolute Gasteiger partial charge is 0.426 e. The zero-order valence-electron chi connectivity index (χ0n) is 17.2. The molecule has 0 aliphatic carbocycles. The highest BCUT2D eigenvalue weighted by Crippen LogP contribution is 2.46. The highest BCUT2D eigenvalue weighted by molar-refractivity contribution is 7.99. The highest BCUT2D eigenvalue weighted by Gasteiger charge is 2.60. The van der Waals surface area contributed by atoms with Crippen molar-refractivity contribution in [3.05, 3.63) is 63.1 Å². The van der Waals surface area contributed by atoms with E-state index in [9.17, 15) is 27.9 Å². The average molecular weight is 499 g/mol. The fraction of sp³-hybridized carbons (Fsp3) is 0.318. The fourth-order valence-electron chi connectivity index (χ4n) is 3.99. The lowest BCUT2D eigenvalue weighted by molar-refractivity contribution is -0.252. The molecular weight excluding hydrogens is 481 g/mol. The van der Waals surface area contributed by atoms with Gasteiger partial charge in [0.05, 0.1) is 16.8 Å². The SMILES string of the molecule is Cc1noc(=O)c2cccc(NC(=O)C(O)(CC3CCSc4ccc(Cl)cc43)C(F)(F)F)c12. The second kappa shape index (κ2) is 8.66. The predicted molar refractivity (Wildman–Crippen MR) is 119 cm³/mol. The number of thioether (sulfide) groups is 1. The third-order valence-electron chi connectivity index (χ3n) is 5.68. The Bertz CT molecular complexity index is 1300. The van der Waals surface area contributed by atoms with E-state index in [-0.39, 0.29) is 22.2 Å². The number of rotatable bonds is 4. The Labute approximate surface area is 195 Å². The number of aliphatic hydroxyl groups is 1. The number of carbonyl (C=O) groups is 1. The van der Waals surface area contributed by atoms with Gasteiger partial charge in [-0.15, -0.1) is 11.8 Å².